The third kappa shape index (κ3) is 8.83. The normalized spacial score (nSPS) is 7.00. The number of nitrogens with one attached hydrogen (secondary N) is 1. The molecule has 0 aliphatic carbocycles. The molecule has 0 rings (SSSR count). The van der Waals surface area contributed by atoms with Gasteiger partial charge < -0.3 is 5.32 Å². The van der Waals surface area contributed by atoms with Crippen LogP contribution in [0.1, 0.15) is 15.3 Å². The largest absolute Gasteiger partial charge is 1.00 e. The first-order chi connectivity index (χ1) is 2.41. The molecule has 0 heterocycles. The molecular formula is C4H12AgN+. The minimum absolute atomic E-state index is 0. The standard InChI is InChI=1S/C4H11N.Ag/c1-3-5-4-2;/h5H,3-4H2,1-2H3;/p+1. The van der Waals surface area contributed by atoms with Crippen LogP contribution in [-0.4, -0.2) is 13.1 Å². The summed E-state index contributed by atoms with van der Waals surface area (Å²) in [6, 6.07) is 0. The molecule has 6 heavy (non-hydrogen) atoms. The minimum Gasteiger partial charge on any atom is -0.317 e. The van der Waals surface area contributed by atoms with Gasteiger partial charge in [-0.1, -0.05) is 13.8 Å². The molecule has 1 N–H and O–H groups in total. The molecule has 0 bridgehead atoms. The van der Waals surface area contributed by atoms with Crippen molar-refractivity contribution in [2.45, 2.75) is 13.8 Å². The van der Waals surface area contributed by atoms with E-state index in [0.29, 0.717) is 0 Å². The molecule has 0 saturated carbocycles. The molecule has 2 heteroatoms. The maximum atomic E-state index is 3.11. The Labute approximate surface area is 56.5 Å². The van der Waals surface area contributed by atoms with E-state index in [1.165, 1.54) is 0 Å². The molecule has 0 fully saturated rings. The van der Waals surface area contributed by atoms with Crippen LogP contribution in [0.15, 0.2) is 0 Å². The molecule has 0 aliphatic heterocycles. The van der Waals surface area contributed by atoms with Gasteiger partial charge >= 0.3 is 1.43 Å². The Morgan fingerprint density at radius 2 is 1.67 bits per heavy atom. The molecule has 0 amide bonds. The minimum atomic E-state index is 0. The number of hydrogen-bond donors (Lipinski definition) is 1. The van der Waals surface area contributed by atoms with Gasteiger partial charge in [-0.15, -0.1) is 0 Å². The Morgan fingerprint density at radius 3 is 1.67 bits per heavy atom. The number of hydrogen-bond acceptors (Lipinski definition) is 1. The molecule has 0 aromatic carbocycles. The Morgan fingerprint density at radius 1 is 1.33 bits per heavy atom. The van der Waals surface area contributed by atoms with Gasteiger partial charge in [0.25, 0.3) is 0 Å². The summed E-state index contributed by atoms with van der Waals surface area (Å²) < 4.78 is 0. The first-order valence-corrected chi connectivity index (χ1v) is 2.12. The van der Waals surface area contributed by atoms with Crippen LogP contribution in [0.3, 0.4) is 0 Å². The summed E-state index contributed by atoms with van der Waals surface area (Å²) in [5.74, 6) is 0. The second-order valence-electron chi connectivity index (χ2n) is 0.957. The predicted octanol–water partition coefficient (Wildman–Crippen LogP) is 0.726. The molecule has 0 unspecified atom stereocenters. The van der Waals surface area contributed by atoms with Crippen LogP contribution in [-0.2, 0) is 22.4 Å². The van der Waals surface area contributed by atoms with Crippen molar-refractivity contribution in [3.05, 3.63) is 0 Å². The van der Waals surface area contributed by atoms with Gasteiger partial charge in [0.05, 0.1) is 0 Å². The average molecular weight is 182 g/mol. The van der Waals surface area contributed by atoms with E-state index in [1.807, 2.05) is 0 Å². The first-order valence-electron chi connectivity index (χ1n) is 2.12. The Kier molecular flexibility index (Phi) is 15.1. The summed E-state index contributed by atoms with van der Waals surface area (Å²) >= 11 is 0. The zero-order valence-corrected chi connectivity index (χ0v) is 5.70. The van der Waals surface area contributed by atoms with Crippen LogP contribution in [0.25, 0.3) is 0 Å². The van der Waals surface area contributed by atoms with Gasteiger partial charge in [-0.2, -0.15) is 0 Å². The smallest absolute Gasteiger partial charge is 0.317 e. The fourth-order valence-electron chi connectivity index (χ4n) is 0.250. The van der Waals surface area contributed by atoms with Gasteiger partial charge in [0.15, 0.2) is 0 Å². The van der Waals surface area contributed by atoms with Gasteiger partial charge in [-0.25, -0.2) is 0 Å². The summed E-state index contributed by atoms with van der Waals surface area (Å²) in [5, 5.41) is 3.11. The zero-order valence-electron chi connectivity index (χ0n) is 5.22. The van der Waals surface area contributed by atoms with Crippen molar-refractivity contribution >= 4 is 0 Å². The van der Waals surface area contributed by atoms with E-state index >= 15 is 0 Å². The van der Waals surface area contributed by atoms with Crippen LogP contribution in [0, 0.1) is 0 Å². The zero-order chi connectivity index (χ0) is 4.12. The van der Waals surface area contributed by atoms with Crippen LogP contribution in [0.4, 0.5) is 0 Å². The predicted molar refractivity (Wildman–Crippen MR) is 25.3 cm³/mol. The molecule has 0 aromatic rings. The quantitative estimate of drug-likeness (QED) is 0.620. The van der Waals surface area contributed by atoms with Crippen LogP contribution >= 0.6 is 0 Å². The third-order valence-corrected chi connectivity index (χ3v) is 0.500. The summed E-state index contributed by atoms with van der Waals surface area (Å²) in [6.45, 7) is 6.39. The molecule has 0 spiro atoms. The fourth-order valence-corrected chi connectivity index (χ4v) is 0.250. The third-order valence-electron chi connectivity index (χ3n) is 0.500. The first kappa shape index (κ1) is 9.85. The molecule has 43 valence electrons. The van der Waals surface area contributed by atoms with E-state index in [-0.39, 0.29) is 23.8 Å². The van der Waals surface area contributed by atoms with Crippen molar-refractivity contribution in [1.29, 1.82) is 0 Å². The molecule has 0 atom stereocenters. The molecule has 1 radical (unpaired) electrons. The van der Waals surface area contributed by atoms with Crippen LogP contribution in [0.5, 0.6) is 0 Å². The molecule has 0 aliphatic rings. The van der Waals surface area contributed by atoms with Gasteiger partial charge in [-0.05, 0) is 13.1 Å². The molecule has 0 aromatic heterocycles. The second-order valence-corrected chi connectivity index (χ2v) is 0.957. The van der Waals surface area contributed by atoms with Gasteiger partial charge in [0.2, 0.25) is 0 Å². The van der Waals surface area contributed by atoms with Crippen molar-refractivity contribution in [2.75, 3.05) is 13.1 Å². The summed E-state index contributed by atoms with van der Waals surface area (Å²) in [7, 11) is 0. The van der Waals surface area contributed by atoms with Gasteiger partial charge in [0.1, 0.15) is 0 Å². The maximum absolute atomic E-state index is 3.11. The molecular weight excluding hydrogens is 170 g/mol. The van der Waals surface area contributed by atoms with Crippen LogP contribution < -0.4 is 5.32 Å². The number of rotatable bonds is 2. The van der Waals surface area contributed by atoms with Crippen molar-refractivity contribution in [1.82, 2.24) is 5.32 Å². The summed E-state index contributed by atoms with van der Waals surface area (Å²) in [5.41, 5.74) is 0. The topological polar surface area (TPSA) is 12.0 Å². The van der Waals surface area contributed by atoms with E-state index in [0.717, 1.165) is 13.1 Å². The Balaban J connectivity index is -0.0000000800. The van der Waals surface area contributed by atoms with Crippen molar-refractivity contribution in [2.24, 2.45) is 0 Å². The van der Waals surface area contributed by atoms with E-state index < -0.39 is 0 Å². The van der Waals surface area contributed by atoms with E-state index in [1.54, 1.807) is 0 Å². The van der Waals surface area contributed by atoms with Crippen LogP contribution in [0.2, 0.25) is 0 Å². The monoisotopic (exact) mass is 181 g/mol. The van der Waals surface area contributed by atoms with E-state index in [4.69, 9.17) is 0 Å². The van der Waals surface area contributed by atoms with Crippen molar-refractivity contribution in [3.8, 4) is 0 Å². The summed E-state index contributed by atoms with van der Waals surface area (Å²) in [6.07, 6.45) is 0. The second kappa shape index (κ2) is 9.20. The Bertz CT molecular complexity index is 19.2. The SMILES string of the molecule is CCNCC.[Ag].[H+]. The average Bonchev–Trinajstić information content (AvgIpc) is 1.41. The van der Waals surface area contributed by atoms with Gasteiger partial charge in [-0.3, -0.25) is 0 Å². The fraction of sp³-hybridized carbons (Fsp3) is 1.00. The van der Waals surface area contributed by atoms with E-state index in [2.05, 4.69) is 19.2 Å². The van der Waals surface area contributed by atoms with Gasteiger partial charge in [0, 0.05) is 22.4 Å². The molecule has 0 saturated heterocycles. The maximum Gasteiger partial charge on any atom is 1.00 e. The van der Waals surface area contributed by atoms with E-state index in [9.17, 15) is 0 Å². The summed E-state index contributed by atoms with van der Waals surface area (Å²) in [4.78, 5) is 0. The molecule has 1 nitrogen and oxygen atoms in total. The Hall–Kier alpha value is 0.700. The van der Waals surface area contributed by atoms with Crippen molar-refractivity contribution in [3.63, 3.8) is 0 Å². The van der Waals surface area contributed by atoms with Crippen molar-refractivity contribution < 1.29 is 23.8 Å².